The monoisotopic (exact) mass is 512 g/mol. The highest BCUT2D eigenvalue weighted by molar-refractivity contribution is 6.90. The average Bonchev–Trinajstić information content (AvgIpc) is 2.48. The normalized spacial score (nSPS) is 17.6. The van der Waals surface area contributed by atoms with Crippen LogP contribution in [0.3, 0.4) is 0 Å². The molecule has 0 spiro atoms. The maximum absolute atomic E-state index is 12.4. The van der Waals surface area contributed by atoms with Gasteiger partial charge in [0, 0.05) is 5.57 Å². The first-order valence-electron chi connectivity index (χ1n) is 10.6. The van der Waals surface area contributed by atoms with Crippen LogP contribution in [-0.2, 0) is 21.9 Å². The van der Waals surface area contributed by atoms with Crippen molar-refractivity contribution in [3.05, 3.63) is 12.2 Å². The van der Waals surface area contributed by atoms with Crippen LogP contribution in [0.25, 0.3) is 0 Å². The quantitative estimate of drug-likeness (QED) is 0.149. The second-order valence-electron chi connectivity index (χ2n) is 10.8. The fourth-order valence-corrected chi connectivity index (χ4v) is 17.9. The average molecular weight is 513 g/mol. The summed E-state index contributed by atoms with van der Waals surface area (Å²) >= 11 is 0. The summed E-state index contributed by atoms with van der Waals surface area (Å²) in [7, 11) is -10.7. The molecule has 0 saturated heterocycles. The van der Waals surface area contributed by atoms with Gasteiger partial charge >= 0.3 is 14.8 Å². The van der Waals surface area contributed by atoms with E-state index in [-0.39, 0.29) is 12.0 Å². The van der Waals surface area contributed by atoms with E-state index in [2.05, 4.69) is 6.58 Å². The predicted octanol–water partition coefficient (Wildman–Crippen LogP) is 3.42. The first kappa shape index (κ1) is 30.8. The lowest BCUT2D eigenvalue weighted by Crippen LogP contribution is -2.69. The number of rotatable bonds is 13. The molecule has 31 heavy (non-hydrogen) atoms. The molecule has 0 radical (unpaired) electrons. The van der Waals surface area contributed by atoms with Crippen LogP contribution in [0, 0.1) is 0 Å². The van der Waals surface area contributed by atoms with E-state index in [4.69, 9.17) is 17.1 Å². The first-order chi connectivity index (χ1) is 13.6. The van der Waals surface area contributed by atoms with Crippen LogP contribution in [0.2, 0.25) is 64.5 Å². The third-order valence-corrected chi connectivity index (χ3v) is 16.4. The lowest BCUT2D eigenvalue weighted by Gasteiger charge is -2.50. The van der Waals surface area contributed by atoms with Gasteiger partial charge in [-0.05, 0) is 72.3 Å². The summed E-state index contributed by atoms with van der Waals surface area (Å²) in [5, 5.41) is 32.0. The number of carbonyl (C=O) groups is 1. The van der Waals surface area contributed by atoms with Gasteiger partial charge in [0.15, 0.2) is 25.0 Å². The predicted molar refractivity (Wildman–Crippen MR) is 132 cm³/mol. The second-order valence-corrected chi connectivity index (χ2v) is 27.9. The van der Waals surface area contributed by atoms with Gasteiger partial charge in [-0.1, -0.05) is 13.5 Å². The molecule has 3 N–H and O–H groups in total. The second kappa shape index (κ2) is 10.8. The van der Waals surface area contributed by atoms with E-state index >= 15 is 0 Å². The Morgan fingerprint density at radius 1 is 0.935 bits per heavy atom. The lowest BCUT2D eigenvalue weighted by atomic mass is 10.0. The molecule has 0 aromatic rings. The van der Waals surface area contributed by atoms with E-state index in [9.17, 15) is 20.1 Å². The van der Waals surface area contributed by atoms with Gasteiger partial charge in [-0.25, -0.2) is 4.79 Å². The van der Waals surface area contributed by atoms with Crippen molar-refractivity contribution in [2.45, 2.75) is 96.6 Å². The van der Waals surface area contributed by atoms with Crippen molar-refractivity contribution in [3.63, 3.8) is 0 Å². The van der Waals surface area contributed by atoms with Crippen molar-refractivity contribution in [2.75, 3.05) is 6.61 Å². The zero-order valence-electron chi connectivity index (χ0n) is 21.2. The summed E-state index contributed by atoms with van der Waals surface area (Å²) in [5.41, 5.74) is -0.968. The molecule has 0 aliphatic carbocycles. The Hall–Kier alpha value is -0.162. The van der Waals surface area contributed by atoms with Crippen LogP contribution < -0.4 is 0 Å². The number of hydrogen-bond acceptors (Lipinski definition) is 8. The summed E-state index contributed by atoms with van der Waals surface area (Å²) in [6, 6.07) is 0. The lowest BCUT2D eigenvalue weighted by molar-refractivity contribution is -0.256. The highest BCUT2D eigenvalue weighted by Gasteiger charge is 2.65. The Labute approximate surface area is 192 Å². The number of aliphatic hydroxyl groups is 3. The van der Waals surface area contributed by atoms with Crippen LogP contribution in [0.5, 0.6) is 0 Å². The SMILES string of the molecule is C=C(C)C(=O)OC(O)(C(O)CO)C(CC)[Si](O[Si](C)(C)C)(O[Si](C)(C)C)O[Si](C)(C)C. The smallest absolute Gasteiger partial charge is 0.427 e. The van der Waals surface area contributed by atoms with E-state index in [1.165, 1.54) is 6.92 Å². The molecule has 0 saturated carbocycles. The van der Waals surface area contributed by atoms with E-state index in [1.807, 2.05) is 58.9 Å². The first-order valence-corrected chi connectivity index (χ1v) is 22.7. The molecule has 0 amide bonds. The molecule has 0 heterocycles. The third-order valence-electron chi connectivity index (χ3n) is 3.93. The van der Waals surface area contributed by atoms with Crippen molar-refractivity contribution >= 4 is 39.7 Å². The Kier molecular flexibility index (Phi) is 10.8. The minimum atomic E-state index is -3.79. The summed E-state index contributed by atoms with van der Waals surface area (Å²) in [5.74, 6) is -3.37. The summed E-state index contributed by atoms with van der Waals surface area (Å²) in [6.45, 7) is 23.9. The van der Waals surface area contributed by atoms with Crippen LogP contribution in [0.1, 0.15) is 20.3 Å². The fourth-order valence-electron chi connectivity index (χ4n) is 3.09. The number of hydrogen-bond donors (Lipinski definition) is 3. The summed E-state index contributed by atoms with van der Waals surface area (Å²) in [6.07, 6.45) is -1.56. The van der Waals surface area contributed by atoms with Crippen LogP contribution in [0.4, 0.5) is 0 Å². The van der Waals surface area contributed by atoms with E-state index in [0.717, 1.165) is 0 Å². The van der Waals surface area contributed by atoms with Gasteiger partial charge in [0.2, 0.25) is 5.79 Å². The van der Waals surface area contributed by atoms with E-state index < -0.39 is 63.8 Å². The maximum atomic E-state index is 12.4. The molecule has 0 aromatic carbocycles. The largest absolute Gasteiger partial charge is 0.479 e. The van der Waals surface area contributed by atoms with Crippen LogP contribution in [-0.4, -0.2) is 73.5 Å². The minimum Gasteiger partial charge on any atom is -0.427 e. The highest BCUT2D eigenvalue weighted by atomic mass is 28.5. The maximum Gasteiger partial charge on any atom is 0.479 e. The fraction of sp³-hybridized carbons (Fsp3) is 0.842. The van der Waals surface area contributed by atoms with Gasteiger partial charge in [-0.2, -0.15) is 0 Å². The Balaban J connectivity index is 7.02. The number of ether oxygens (including phenoxy) is 1. The molecular weight excluding hydrogens is 469 g/mol. The zero-order valence-corrected chi connectivity index (χ0v) is 25.2. The molecule has 12 heteroatoms. The van der Waals surface area contributed by atoms with Gasteiger partial charge in [0.1, 0.15) is 6.10 Å². The van der Waals surface area contributed by atoms with E-state index in [0.29, 0.717) is 0 Å². The van der Waals surface area contributed by atoms with Gasteiger partial charge in [-0.3, -0.25) is 0 Å². The molecule has 184 valence electrons. The van der Waals surface area contributed by atoms with E-state index in [1.54, 1.807) is 6.92 Å². The van der Waals surface area contributed by atoms with Crippen LogP contribution >= 0.6 is 0 Å². The number of aliphatic hydroxyl groups excluding tert-OH is 2. The Bertz CT molecular complexity index is 583. The Morgan fingerprint density at radius 2 is 1.29 bits per heavy atom. The van der Waals surface area contributed by atoms with Gasteiger partial charge in [-0.15, -0.1) is 0 Å². The molecule has 0 bridgehead atoms. The molecule has 3 atom stereocenters. The summed E-state index contributed by atoms with van der Waals surface area (Å²) in [4.78, 5) is 12.4. The standard InChI is InChI=1S/C19H44O8Si4/c1-13-17(19(23,16(21)14-20)24-18(22)15(2)3)31(25-28(4,5)6,26-29(7,8)9)27-30(10,11)12/h16-17,20-21,23H,2,13-14H2,1,3-12H3. The molecule has 0 aliphatic heterocycles. The van der Waals surface area contributed by atoms with Crippen molar-refractivity contribution in [1.82, 2.24) is 0 Å². The number of carbonyl (C=O) groups excluding carboxylic acids is 1. The summed E-state index contributed by atoms with van der Waals surface area (Å²) < 4.78 is 25.4. The molecule has 0 aliphatic rings. The molecule has 0 rings (SSSR count). The number of esters is 1. The van der Waals surface area contributed by atoms with Crippen molar-refractivity contribution in [3.8, 4) is 0 Å². The molecule has 8 nitrogen and oxygen atoms in total. The van der Waals surface area contributed by atoms with Gasteiger partial charge < -0.3 is 32.4 Å². The molecule has 0 fully saturated rings. The van der Waals surface area contributed by atoms with Crippen molar-refractivity contribution < 1.29 is 37.2 Å². The molecular formula is C19H44O8Si4. The molecule has 0 aromatic heterocycles. The van der Waals surface area contributed by atoms with Crippen molar-refractivity contribution in [1.29, 1.82) is 0 Å². The Morgan fingerprint density at radius 3 is 1.52 bits per heavy atom. The third kappa shape index (κ3) is 9.69. The zero-order chi connectivity index (χ0) is 25.1. The minimum absolute atomic E-state index is 0.0500. The van der Waals surface area contributed by atoms with Crippen LogP contribution in [0.15, 0.2) is 12.2 Å². The van der Waals surface area contributed by atoms with Gasteiger partial charge in [0.25, 0.3) is 0 Å². The molecule has 3 unspecified atom stereocenters. The topological polar surface area (TPSA) is 115 Å². The highest BCUT2D eigenvalue weighted by Crippen LogP contribution is 2.45. The van der Waals surface area contributed by atoms with Gasteiger partial charge in [0.05, 0.1) is 12.1 Å². The van der Waals surface area contributed by atoms with Crippen molar-refractivity contribution in [2.24, 2.45) is 0 Å².